The van der Waals surface area contributed by atoms with Crippen molar-refractivity contribution in [1.82, 2.24) is 0 Å². The van der Waals surface area contributed by atoms with Crippen LogP contribution in [0.15, 0.2) is 0 Å². The molecule has 4 aliphatic rings. The Kier molecular flexibility index (Phi) is 2.83. The normalized spacial score (nSPS) is 55.5. The standard InChI is InChI=1S/C14H24P2/c1-3-11-5-9(1)7-13(11)15-16-14-8-10-2-4-12(14)6-10/h9-16H,1-8H2. The summed E-state index contributed by atoms with van der Waals surface area (Å²) in [6.45, 7) is 0. The van der Waals surface area contributed by atoms with Crippen molar-refractivity contribution in [3.05, 3.63) is 0 Å². The largest absolute Gasteiger partial charge is 0.0955 e. The molecule has 4 fully saturated rings. The fourth-order valence-corrected chi connectivity index (χ4v) is 10.9. The number of rotatable bonds is 3. The molecular weight excluding hydrogens is 230 g/mol. The van der Waals surface area contributed by atoms with Crippen molar-refractivity contribution in [3.63, 3.8) is 0 Å². The monoisotopic (exact) mass is 254 g/mol. The lowest BCUT2D eigenvalue weighted by Gasteiger charge is -2.26. The molecule has 2 heteroatoms. The molecule has 4 aliphatic carbocycles. The first-order valence-electron chi connectivity index (χ1n) is 7.39. The van der Waals surface area contributed by atoms with E-state index in [0.29, 0.717) is 0 Å². The lowest BCUT2D eigenvalue weighted by atomic mass is 10.0. The zero-order valence-corrected chi connectivity index (χ0v) is 12.1. The maximum atomic E-state index is 1.64. The Morgan fingerprint density at radius 3 is 1.38 bits per heavy atom. The van der Waals surface area contributed by atoms with Crippen LogP contribution >= 0.6 is 16.5 Å². The van der Waals surface area contributed by atoms with Crippen molar-refractivity contribution in [2.75, 3.05) is 0 Å². The molecule has 8 atom stereocenters. The smallest absolute Gasteiger partial charge is 0.0169 e. The van der Waals surface area contributed by atoms with E-state index in [-0.39, 0.29) is 0 Å². The zero-order valence-electron chi connectivity index (χ0n) is 10.1. The van der Waals surface area contributed by atoms with Gasteiger partial charge in [-0.15, -0.1) is 0 Å². The summed E-state index contributed by atoms with van der Waals surface area (Å²) in [5, 5.41) is 0. The quantitative estimate of drug-likeness (QED) is 0.644. The van der Waals surface area contributed by atoms with Gasteiger partial charge in [-0.25, -0.2) is 0 Å². The fraction of sp³-hybridized carbons (Fsp3) is 1.00. The van der Waals surface area contributed by atoms with Gasteiger partial charge in [-0.1, -0.05) is 29.4 Å². The molecule has 0 N–H and O–H groups in total. The van der Waals surface area contributed by atoms with Gasteiger partial charge in [0.05, 0.1) is 0 Å². The third-order valence-corrected chi connectivity index (χ3v) is 11.0. The topological polar surface area (TPSA) is 0 Å². The molecule has 4 rings (SSSR count). The molecule has 0 aromatic heterocycles. The van der Waals surface area contributed by atoms with E-state index >= 15 is 0 Å². The maximum Gasteiger partial charge on any atom is -0.0169 e. The second-order valence-electron chi connectivity index (χ2n) is 6.85. The van der Waals surface area contributed by atoms with Crippen molar-refractivity contribution in [1.29, 1.82) is 0 Å². The van der Waals surface area contributed by atoms with Gasteiger partial charge in [0, 0.05) is 0 Å². The minimum atomic E-state index is 1.17. The van der Waals surface area contributed by atoms with Crippen molar-refractivity contribution in [3.8, 4) is 0 Å². The predicted molar refractivity (Wildman–Crippen MR) is 75.1 cm³/mol. The Labute approximate surface area is 103 Å². The number of fused-ring (bicyclic) bond motifs is 4. The van der Waals surface area contributed by atoms with Crippen LogP contribution in [0.2, 0.25) is 0 Å². The molecule has 0 saturated heterocycles. The van der Waals surface area contributed by atoms with Crippen LogP contribution in [0, 0.1) is 23.7 Å². The molecule has 0 radical (unpaired) electrons. The second-order valence-corrected chi connectivity index (χ2v) is 10.6. The lowest BCUT2D eigenvalue weighted by Crippen LogP contribution is -2.13. The highest BCUT2D eigenvalue weighted by molar-refractivity contribution is 8.12. The Balaban J connectivity index is 1.30. The Morgan fingerprint density at radius 2 is 1.06 bits per heavy atom. The van der Waals surface area contributed by atoms with Crippen molar-refractivity contribution >= 4 is 16.5 Å². The molecule has 0 heterocycles. The summed E-state index contributed by atoms with van der Waals surface area (Å²) in [7, 11) is 2.75. The van der Waals surface area contributed by atoms with Crippen molar-refractivity contribution < 1.29 is 0 Å². The van der Waals surface area contributed by atoms with E-state index in [1.165, 1.54) is 51.5 Å². The summed E-state index contributed by atoms with van der Waals surface area (Å²) < 4.78 is 0. The highest BCUT2D eigenvalue weighted by atomic mass is 32.0. The summed E-state index contributed by atoms with van der Waals surface area (Å²) in [5.41, 5.74) is 2.41. The molecule has 0 aromatic carbocycles. The first-order chi connectivity index (χ1) is 7.88. The van der Waals surface area contributed by atoms with Crippen LogP contribution in [0.1, 0.15) is 51.4 Å². The van der Waals surface area contributed by atoms with Crippen LogP contribution in [-0.2, 0) is 0 Å². The van der Waals surface area contributed by atoms with Gasteiger partial charge >= 0.3 is 0 Å². The predicted octanol–water partition coefficient (Wildman–Crippen LogP) is 4.64. The highest BCUT2D eigenvalue weighted by Crippen LogP contribution is 2.63. The van der Waals surface area contributed by atoms with E-state index in [4.69, 9.17) is 0 Å². The van der Waals surface area contributed by atoms with Crippen LogP contribution in [0.3, 0.4) is 0 Å². The van der Waals surface area contributed by atoms with Gasteiger partial charge in [-0.3, -0.25) is 0 Å². The molecule has 16 heavy (non-hydrogen) atoms. The molecule has 0 amide bonds. The molecular formula is C14H24P2. The minimum Gasteiger partial charge on any atom is -0.0955 e. The summed E-state index contributed by atoms with van der Waals surface area (Å²) in [6.07, 6.45) is 12.9. The van der Waals surface area contributed by atoms with E-state index in [1.54, 1.807) is 51.4 Å². The van der Waals surface area contributed by atoms with E-state index in [2.05, 4.69) is 0 Å². The molecule has 90 valence electrons. The Morgan fingerprint density at radius 1 is 0.562 bits per heavy atom. The average Bonchev–Trinajstić information content (AvgIpc) is 3.05. The van der Waals surface area contributed by atoms with Gasteiger partial charge in [-0.05, 0) is 73.5 Å². The lowest BCUT2D eigenvalue weighted by molar-refractivity contribution is 0.487. The van der Waals surface area contributed by atoms with Gasteiger partial charge < -0.3 is 0 Å². The first kappa shape index (κ1) is 10.8. The maximum absolute atomic E-state index is 1.64. The molecule has 0 spiro atoms. The molecule has 4 saturated carbocycles. The second kappa shape index (κ2) is 4.20. The Hall–Kier alpha value is 0.860. The van der Waals surface area contributed by atoms with Crippen molar-refractivity contribution in [2.45, 2.75) is 62.7 Å². The molecule has 4 bridgehead atoms. The number of hydrogen-bond donors (Lipinski definition) is 0. The first-order valence-corrected chi connectivity index (χ1v) is 10.5. The fourth-order valence-electron chi connectivity index (χ4n) is 5.06. The van der Waals surface area contributed by atoms with Crippen molar-refractivity contribution in [2.24, 2.45) is 23.7 Å². The van der Waals surface area contributed by atoms with Gasteiger partial charge in [0.2, 0.25) is 0 Å². The third-order valence-electron chi connectivity index (χ3n) is 5.93. The van der Waals surface area contributed by atoms with Gasteiger partial charge in [0.15, 0.2) is 0 Å². The van der Waals surface area contributed by atoms with Crippen LogP contribution in [0.25, 0.3) is 0 Å². The Bertz CT molecular complexity index is 250. The van der Waals surface area contributed by atoms with E-state index in [0.717, 1.165) is 0 Å². The zero-order chi connectivity index (χ0) is 10.5. The van der Waals surface area contributed by atoms with Crippen LogP contribution in [0.4, 0.5) is 0 Å². The van der Waals surface area contributed by atoms with E-state index in [1.807, 2.05) is 0 Å². The summed E-state index contributed by atoms with van der Waals surface area (Å²) >= 11 is 0. The van der Waals surface area contributed by atoms with Crippen LogP contribution in [-0.4, -0.2) is 11.3 Å². The molecule has 8 unspecified atom stereocenters. The summed E-state index contributed by atoms with van der Waals surface area (Å²) in [5.74, 6) is 4.73. The molecule has 0 aromatic rings. The summed E-state index contributed by atoms with van der Waals surface area (Å²) in [4.78, 5) is 0. The third kappa shape index (κ3) is 1.80. The van der Waals surface area contributed by atoms with Gasteiger partial charge in [-0.2, -0.15) is 0 Å². The highest BCUT2D eigenvalue weighted by Gasteiger charge is 2.42. The SMILES string of the molecule is C1CC2CC1CC2PPC1CC2CCC1C2. The average molecular weight is 254 g/mol. The molecule has 0 aliphatic heterocycles. The number of hydrogen-bond acceptors (Lipinski definition) is 0. The van der Waals surface area contributed by atoms with Crippen LogP contribution in [0.5, 0.6) is 0 Å². The van der Waals surface area contributed by atoms with Crippen LogP contribution < -0.4 is 0 Å². The van der Waals surface area contributed by atoms with Gasteiger partial charge in [0.25, 0.3) is 0 Å². The minimum absolute atomic E-state index is 1.17. The molecule has 0 nitrogen and oxygen atoms in total. The summed E-state index contributed by atoms with van der Waals surface area (Å²) in [6, 6.07) is 0. The van der Waals surface area contributed by atoms with E-state index in [9.17, 15) is 0 Å². The van der Waals surface area contributed by atoms with E-state index < -0.39 is 0 Å². The van der Waals surface area contributed by atoms with Gasteiger partial charge in [0.1, 0.15) is 0 Å².